The number of nitrogens with zero attached hydrogens (tertiary/aromatic N) is 4. The first kappa shape index (κ1) is 20.8. The molecule has 0 bridgehead atoms. The minimum atomic E-state index is -0.491. The molecule has 1 unspecified atom stereocenters. The summed E-state index contributed by atoms with van der Waals surface area (Å²) in [5.74, 6) is 1.33. The van der Waals surface area contributed by atoms with Gasteiger partial charge in [-0.15, -0.1) is 0 Å². The summed E-state index contributed by atoms with van der Waals surface area (Å²) in [6, 6.07) is 7.14. The van der Waals surface area contributed by atoms with E-state index >= 15 is 0 Å². The smallest absolute Gasteiger partial charge is 0.294 e. The molecule has 3 rings (SSSR count). The van der Waals surface area contributed by atoms with Crippen LogP contribution in [0.2, 0.25) is 0 Å². The van der Waals surface area contributed by atoms with Crippen molar-refractivity contribution in [2.75, 3.05) is 35.6 Å². The highest BCUT2D eigenvalue weighted by Crippen LogP contribution is 2.28. The molecule has 2 aromatic rings. The molecule has 2 heterocycles. The Balaban J connectivity index is 1.86. The zero-order valence-corrected chi connectivity index (χ0v) is 17.0. The van der Waals surface area contributed by atoms with Gasteiger partial charge in [0.1, 0.15) is 11.5 Å². The van der Waals surface area contributed by atoms with Gasteiger partial charge in [-0.05, 0) is 37.9 Å². The number of rotatable bonds is 9. The standard InChI is InChI=1S/C20H29N7O2/c1-3-5-6-14-12-19(26-10-9-16(13-26)22-4-2)25-20(23-14)24-15-7-8-17(21)18(11-15)27(28)29/h7-8,11-12,16,22H,3-6,9-10,13,21H2,1-2H3,(H,23,24,25). The number of anilines is 4. The molecule has 1 atom stereocenters. The maximum absolute atomic E-state index is 11.2. The third kappa shape index (κ3) is 5.32. The second-order valence-electron chi connectivity index (χ2n) is 7.29. The monoisotopic (exact) mass is 399 g/mol. The Morgan fingerprint density at radius 3 is 2.86 bits per heavy atom. The topological polar surface area (TPSA) is 122 Å². The fourth-order valence-electron chi connectivity index (χ4n) is 3.52. The molecule has 1 aromatic heterocycles. The van der Waals surface area contributed by atoms with Crippen LogP contribution in [0.25, 0.3) is 0 Å². The van der Waals surface area contributed by atoms with Crippen molar-refractivity contribution in [3.63, 3.8) is 0 Å². The number of nitro benzene ring substituents is 1. The summed E-state index contributed by atoms with van der Waals surface area (Å²) >= 11 is 0. The summed E-state index contributed by atoms with van der Waals surface area (Å²) in [6.45, 7) is 7.06. The number of benzene rings is 1. The van der Waals surface area contributed by atoms with Crippen molar-refractivity contribution < 1.29 is 4.92 Å². The molecule has 0 spiro atoms. The highest BCUT2D eigenvalue weighted by atomic mass is 16.6. The third-order valence-corrected chi connectivity index (χ3v) is 5.04. The predicted octanol–water partition coefficient (Wildman–Crippen LogP) is 3.24. The van der Waals surface area contributed by atoms with E-state index in [1.807, 2.05) is 0 Å². The van der Waals surface area contributed by atoms with Crippen molar-refractivity contribution in [1.29, 1.82) is 0 Å². The summed E-state index contributed by atoms with van der Waals surface area (Å²) in [5.41, 5.74) is 7.20. The van der Waals surface area contributed by atoms with Crippen LogP contribution in [0.4, 0.5) is 28.8 Å². The number of aryl methyl sites for hydroxylation is 1. The van der Waals surface area contributed by atoms with Crippen LogP contribution in [0.5, 0.6) is 0 Å². The largest absolute Gasteiger partial charge is 0.393 e. The molecule has 1 aromatic carbocycles. The van der Waals surface area contributed by atoms with Crippen LogP contribution in [0.3, 0.4) is 0 Å². The van der Waals surface area contributed by atoms with Crippen molar-refractivity contribution in [2.45, 2.75) is 45.6 Å². The first-order chi connectivity index (χ1) is 14.0. The van der Waals surface area contributed by atoms with E-state index in [0.29, 0.717) is 17.7 Å². The maximum atomic E-state index is 11.2. The van der Waals surface area contributed by atoms with Gasteiger partial charge in [0, 0.05) is 42.6 Å². The van der Waals surface area contributed by atoms with Crippen molar-refractivity contribution in [3.8, 4) is 0 Å². The number of nitrogen functional groups attached to an aromatic ring is 1. The molecule has 9 heteroatoms. The Hall–Kier alpha value is -2.94. The van der Waals surface area contributed by atoms with Crippen LogP contribution < -0.4 is 21.3 Å². The van der Waals surface area contributed by atoms with Crippen LogP contribution >= 0.6 is 0 Å². The van der Waals surface area contributed by atoms with E-state index in [1.54, 1.807) is 6.07 Å². The molecule has 1 fully saturated rings. The minimum Gasteiger partial charge on any atom is -0.393 e. The number of hydrogen-bond donors (Lipinski definition) is 3. The van der Waals surface area contributed by atoms with E-state index in [0.717, 1.165) is 56.8 Å². The minimum absolute atomic E-state index is 0.130. The lowest BCUT2D eigenvalue weighted by molar-refractivity contribution is -0.383. The van der Waals surface area contributed by atoms with E-state index in [-0.39, 0.29) is 11.4 Å². The quantitative estimate of drug-likeness (QED) is 0.334. The highest BCUT2D eigenvalue weighted by Gasteiger charge is 2.23. The van der Waals surface area contributed by atoms with E-state index in [9.17, 15) is 10.1 Å². The fraction of sp³-hybridized carbons (Fsp3) is 0.500. The van der Waals surface area contributed by atoms with Crippen LogP contribution in [-0.2, 0) is 6.42 Å². The number of aromatic nitrogens is 2. The van der Waals surface area contributed by atoms with Crippen LogP contribution in [0.1, 0.15) is 38.8 Å². The van der Waals surface area contributed by atoms with Gasteiger partial charge in [0.05, 0.1) is 4.92 Å². The van der Waals surface area contributed by atoms with E-state index in [4.69, 9.17) is 5.73 Å². The highest BCUT2D eigenvalue weighted by molar-refractivity contribution is 5.68. The summed E-state index contributed by atoms with van der Waals surface area (Å²) < 4.78 is 0. The first-order valence-corrected chi connectivity index (χ1v) is 10.2. The lowest BCUT2D eigenvalue weighted by Crippen LogP contribution is -2.32. The molecule has 0 radical (unpaired) electrons. The molecular formula is C20H29N7O2. The van der Waals surface area contributed by atoms with Gasteiger partial charge in [0.15, 0.2) is 0 Å². The maximum Gasteiger partial charge on any atom is 0.294 e. The van der Waals surface area contributed by atoms with Gasteiger partial charge in [-0.2, -0.15) is 4.98 Å². The van der Waals surface area contributed by atoms with Gasteiger partial charge in [0.2, 0.25) is 5.95 Å². The lowest BCUT2D eigenvalue weighted by atomic mass is 10.2. The molecule has 1 aliphatic heterocycles. The van der Waals surface area contributed by atoms with Crippen LogP contribution in [0, 0.1) is 10.1 Å². The first-order valence-electron chi connectivity index (χ1n) is 10.2. The normalized spacial score (nSPS) is 16.2. The average Bonchev–Trinajstić information content (AvgIpc) is 3.16. The number of unbranched alkanes of at least 4 members (excludes halogenated alkanes) is 1. The fourth-order valence-corrected chi connectivity index (χ4v) is 3.52. The predicted molar refractivity (Wildman–Crippen MR) is 116 cm³/mol. The average molecular weight is 399 g/mol. The summed E-state index contributed by atoms with van der Waals surface area (Å²) in [5, 5.41) is 17.8. The molecule has 4 N–H and O–H groups in total. The van der Waals surface area contributed by atoms with Crippen molar-refractivity contribution in [3.05, 3.63) is 40.1 Å². The van der Waals surface area contributed by atoms with Crippen LogP contribution in [0.15, 0.2) is 24.3 Å². The van der Waals surface area contributed by atoms with Gasteiger partial charge in [-0.3, -0.25) is 10.1 Å². The second kappa shape index (κ2) is 9.51. The zero-order valence-electron chi connectivity index (χ0n) is 17.0. The van der Waals surface area contributed by atoms with E-state index in [2.05, 4.69) is 45.4 Å². The number of nitrogens with two attached hydrogens (primary N) is 1. The van der Waals surface area contributed by atoms with Gasteiger partial charge in [-0.1, -0.05) is 20.3 Å². The molecule has 0 amide bonds. The number of nitro groups is 1. The second-order valence-corrected chi connectivity index (χ2v) is 7.29. The van der Waals surface area contributed by atoms with Gasteiger partial charge in [-0.25, -0.2) is 4.98 Å². The summed E-state index contributed by atoms with van der Waals surface area (Å²) in [4.78, 5) is 22.2. The van der Waals surface area contributed by atoms with Gasteiger partial charge >= 0.3 is 0 Å². The van der Waals surface area contributed by atoms with Crippen molar-refractivity contribution in [1.82, 2.24) is 15.3 Å². The molecule has 1 saturated heterocycles. The lowest BCUT2D eigenvalue weighted by Gasteiger charge is -2.19. The molecule has 156 valence electrons. The summed E-state index contributed by atoms with van der Waals surface area (Å²) in [7, 11) is 0. The van der Waals surface area contributed by atoms with Gasteiger partial charge in [0.25, 0.3) is 5.69 Å². The SMILES string of the molecule is CCCCc1cc(N2CCC(NCC)C2)nc(Nc2ccc(N)c([N+](=O)[O-])c2)n1. The van der Waals surface area contributed by atoms with Crippen molar-refractivity contribution in [2.24, 2.45) is 0 Å². The Morgan fingerprint density at radius 1 is 1.31 bits per heavy atom. The third-order valence-electron chi connectivity index (χ3n) is 5.04. The molecule has 0 aliphatic carbocycles. The van der Waals surface area contributed by atoms with Crippen LogP contribution in [-0.4, -0.2) is 40.6 Å². The Labute approximate surface area is 170 Å². The number of likely N-dealkylation sites (N-methyl/N-ethyl adjacent to an activating group) is 1. The Morgan fingerprint density at radius 2 is 2.14 bits per heavy atom. The Kier molecular flexibility index (Phi) is 6.82. The van der Waals surface area contributed by atoms with Gasteiger partial charge < -0.3 is 21.3 Å². The number of hydrogen-bond acceptors (Lipinski definition) is 8. The van der Waals surface area contributed by atoms with Crippen molar-refractivity contribution >= 4 is 28.8 Å². The van der Waals surface area contributed by atoms with E-state index in [1.165, 1.54) is 12.1 Å². The number of nitrogens with one attached hydrogen (secondary N) is 2. The molecule has 1 aliphatic rings. The molecular weight excluding hydrogens is 370 g/mol. The molecule has 29 heavy (non-hydrogen) atoms. The molecule has 0 saturated carbocycles. The summed E-state index contributed by atoms with van der Waals surface area (Å²) in [6.07, 6.45) is 4.07. The molecule has 9 nitrogen and oxygen atoms in total. The van der Waals surface area contributed by atoms with E-state index < -0.39 is 4.92 Å². The zero-order chi connectivity index (χ0) is 20.8. The Bertz CT molecular complexity index is 859.